The molecule has 0 aliphatic carbocycles. The molecule has 0 saturated heterocycles. The van der Waals surface area contributed by atoms with E-state index in [0.29, 0.717) is 12.1 Å². The van der Waals surface area contributed by atoms with Crippen molar-refractivity contribution in [2.24, 2.45) is 5.73 Å². The van der Waals surface area contributed by atoms with Crippen molar-refractivity contribution in [3.63, 3.8) is 0 Å². The van der Waals surface area contributed by atoms with E-state index in [9.17, 15) is 9.59 Å². The van der Waals surface area contributed by atoms with Crippen LogP contribution in [0.15, 0.2) is 24.3 Å². The van der Waals surface area contributed by atoms with Crippen LogP contribution in [0, 0.1) is 0 Å². The highest BCUT2D eigenvalue weighted by Gasteiger charge is 2.11. The first-order valence-corrected chi connectivity index (χ1v) is 5.38. The third-order valence-electron chi connectivity index (χ3n) is 2.26. The number of para-hydroxylation sites is 1. The maximum atomic E-state index is 11.5. The number of aromatic carboxylic acids is 1. The Labute approximate surface area is 99.6 Å². The van der Waals surface area contributed by atoms with Gasteiger partial charge in [0.05, 0.1) is 11.3 Å². The SMILES string of the molecule is CC(N)CCC(=O)Nc1ccccc1C(=O)O. The predicted octanol–water partition coefficient (Wildman–Crippen LogP) is 1.45. The molecular formula is C12H16N2O3. The molecule has 0 fully saturated rings. The normalized spacial score (nSPS) is 11.9. The number of carbonyl (C=O) groups is 2. The smallest absolute Gasteiger partial charge is 0.337 e. The van der Waals surface area contributed by atoms with Gasteiger partial charge in [-0.25, -0.2) is 4.79 Å². The lowest BCUT2D eigenvalue weighted by Crippen LogP contribution is -2.20. The first-order valence-electron chi connectivity index (χ1n) is 5.38. The number of hydrogen-bond acceptors (Lipinski definition) is 3. The Hall–Kier alpha value is -1.88. The molecule has 1 aromatic carbocycles. The summed E-state index contributed by atoms with van der Waals surface area (Å²) in [6.07, 6.45) is 0.854. The van der Waals surface area contributed by atoms with Crippen LogP contribution < -0.4 is 11.1 Å². The van der Waals surface area contributed by atoms with Gasteiger partial charge in [0.25, 0.3) is 0 Å². The molecule has 0 radical (unpaired) electrons. The average molecular weight is 236 g/mol. The molecule has 0 aromatic heterocycles. The Kier molecular flexibility index (Phi) is 4.66. The van der Waals surface area contributed by atoms with Gasteiger partial charge in [-0.3, -0.25) is 4.79 Å². The molecule has 1 rings (SSSR count). The molecule has 5 heteroatoms. The molecule has 0 aliphatic rings. The second kappa shape index (κ2) is 6.00. The van der Waals surface area contributed by atoms with E-state index in [1.54, 1.807) is 18.2 Å². The highest BCUT2D eigenvalue weighted by molar-refractivity contribution is 6.00. The third kappa shape index (κ3) is 4.24. The van der Waals surface area contributed by atoms with Gasteiger partial charge in [-0.1, -0.05) is 12.1 Å². The molecule has 1 aromatic rings. The van der Waals surface area contributed by atoms with Crippen LogP contribution in [0.25, 0.3) is 0 Å². The summed E-state index contributed by atoms with van der Waals surface area (Å²) in [5.74, 6) is -1.29. The Morgan fingerprint density at radius 3 is 2.65 bits per heavy atom. The molecule has 1 unspecified atom stereocenters. The molecule has 1 amide bonds. The molecule has 1 atom stereocenters. The van der Waals surface area contributed by atoms with Gasteiger partial charge >= 0.3 is 5.97 Å². The van der Waals surface area contributed by atoms with E-state index in [2.05, 4.69) is 5.32 Å². The number of amides is 1. The molecule has 5 nitrogen and oxygen atoms in total. The molecule has 92 valence electrons. The summed E-state index contributed by atoms with van der Waals surface area (Å²) < 4.78 is 0. The lowest BCUT2D eigenvalue weighted by Gasteiger charge is -2.09. The quantitative estimate of drug-likeness (QED) is 0.721. The highest BCUT2D eigenvalue weighted by atomic mass is 16.4. The fourth-order valence-electron chi connectivity index (χ4n) is 1.35. The van der Waals surface area contributed by atoms with E-state index in [4.69, 9.17) is 10.8 Å². The van der Waals surface area contributed by atoms with Crippen LogP contribution in [0.1, 0.15) is 30.1 Å². The van der Waals surface area contributed by atoms with E-state index in [1.807, 2.05) is 6.92 Å². The van der Waals surface area contributed by atoms with Crippen molar-refractivity contribution in [3.05, 3.63) is 29.8 Å². The predicted molar refractivity (Wildman–Crippen MR) is 64.9 cm³/mol. The van der Waals surface area contributed by atoms with Gasteiger partial charge in [-0.2, -0.15) is 0 Å². The molecular weight excluding hydrogens is 220 g/mol. The number of anilines is 1. The van der Waals surface area contributed by atoms with E-state index in [0.717, 1.165) is 0 Å². The molecule has 4 N–H and O–H groups in total. The Morgan fingerprint density at radius 1 is 1.41 bits per heavy atom. The number of nitrogens with one attached hydrogen (secondary N) is 1. The molecule has 0 saturated carbocycles. The summed E-state index contributed by atoms with van der Waals surface area (Å²) in [5.41, 5.74) is 5.94. The maximum absolute atomic E-state index is 11.5. The number of carbonyl (C=O) groups excluding carboxylic acids is 1. The molecule has 17 heavy (non-hydrogen) atoms. The van der Waals surface area contributed by atoms with Crippen molar-refractivity contribution in [2.45, 2.75) is 25.8 Å². The number of benzene rings is 1. The van der Waals surface area contributed by atoms with Crippen molar-refractivity contribution >= 4 is 17.6 Å². The minimum absolute atomic E-state index is 0.0459. The van der Waals surface area contributed by atoms with Crippen LogP contribution in [0.2, 0.25) is 0 Å². The van der Waals surface area contributed by atoms with Crippen LogP contribution in [0.4, 0.5) is 5.69 Å². The first kappa shape index (κ1) is 13.2. The standard InChI is InChI=1S/C12H16N2O3/c1-8(13)6-7-11(15)14-10-5-3-2-4-9(10)12(16)17/h2-5,8H,6-7,13H2,1H3,(H,14,15)(H,16,17). The largest absolute Gasteiger partial charge is 0.478 e. The number of rotatable bonds is 5. The van der Waals surface area contributed by atoms with E-state index in [-0.39, 0.29) is 23.9 Å². The Bertz CT molecular complexity index is 416. The van der Waals surface area contributed by atoms with Crippen LogP contribution >= 0.6 is 0 Å². The minimum atomic E-state index is -1.06. The second-order valence-electron chi connectivity index (χ2n) is 3.91. The van der Waals surface area contributed by atoms with Crippen molar-refractivity contribution in [2.75, 3.05) is 5.32 Å². The lowest BCUT2D eigenvalue weighted by molar-refractivity contribution is -0.116. The van der Waals surface area contributed by atoms with Gasteiger partial charge in [0, 0.05) is 12.5 Å². The summed E-state index contributed by atoms with van der Waals surface area (Å²) in [7, 11) is 0. The summed E-state index contributed by atoms with van der Waals surface area (Å²) >= 11 is 0. The van der Waals surface area contributed by atoms with E-state index >= 15 is 0 Å². The molecule has 0 heterocycles. The number of hydrogen-bond donors (Lipinski definition) is 3. The average Bonchev–Trinajstić information content (AvgIpc) is 2.27. The summed E-state index contributed by atoms with van der Waals surface area (Å²) in [6.45, 7) is 1.82. The van der Waals surface area contributed by atoms with Crippen molar-refractivity contribution in [1.29, 1.82) is 0 Å². The van der Waals surface area contributed by atoms with Crippen molar-refractivity contribution < 1.29 is 14.7 Å². The van der Waals surface area contributed by atoms with E-state index < -0.39 is 5.97 Å². The summed E-state index contributed by atoms with van der Waals surface area (Å²) in [5, 5.41) is 11.5. The van der Waals surface area contributed by atoms with Crippen molar-refractivity contribution in [1.82, 2.24) is 0 Å². The number of carboxylic acids is 1. The van der Waals surface area contributed by atoms with Crippen molar-refractivity contribution in [3.8, 4) is 0 Å². The van der Waals surface area contributed by atoms with Crippen LogP contribution in [0.5, 0.6) is 0 Å². The van der Waals surface area contributed by atoms with Gasteiger partial charge in [0.15, 0.2) is 0 Å². The van der Waals surface area contributed by atoms with E-state index in [1.165, 1.54) is 6.07 Å². The Morgan fingerprint density at radius 2 is 2.06 bits per heavy atom. The van der Waals surface area contributed by atoms with Gasteiger partial charge in [-0.15, -0.1) is 0 Å². The molecule has 0 spiro atoms. The monoisotopic (exact) mass is 236 g/mol. The van der Waals surface area contributed by atoms with Crippen LogP contribution in [-0.2, 0) is 4.79 Å². The number of carboxylic acid groups (broad SMARTS) is 1. The minimum Gasteiger partial charge on any atom is -0.478 e. The Balaban J connectivity index is 2.68. The van der Waals surface area contributed by atoms with Crippen LogP contribution in [0.3, 0.4) is 0 Å². The zero-order valence-corrected chi connectivity index (χ0v) is 9.64. The fourth-order valence-corrected chi connectivity index (χ4v) is 1.35. The van der Waals surface area contributed by atoms with Gasteiger partial charge in [-0.05, 0) is 25.5 Å². The van der Waals surface area contributed by atoms with Gasteiger partial charge < -0.3 is 16.2 Å². The maximum Gasteiger partial charge on any atom is 0.337 e. The first-order chi connectivity index (χ1) is 8.00. The summed E-state index contributed by atoms with van der Waals surface area (Å²) in [4.78, 5) is 22.4. The zero-order valence-electron chi connectivity index (χ0n) is 9.64. The summed E-state index contributed by atoms with van der Waals surface area (Å²) in [6, 6.07) is 6.25. The topological polar surface area (TPSA) is 92.4 Å². The lowest BCUT2D eigenvalue weighted by atomic mass is 10.1. The van der Waals surface area contributed by atoms with Gasteiger partial charge in [0.1, 0.15) is 0 Å². The number of nitrogens with two attached hydrogens (primary N) is 1. The third-order valence-corrected chi connectivity index (χ3v) is 2.26. The van der Waals surface area contributed by atoms with Gasteiger partial charge in [0.2, 0.25) is 5.91 Å². The highest BCUT2D eigenvalue weighted by Crippen LogP contribution is 2.15. The zero-order chi connectivity index (χ0) is 12.8. The second-order valence-corrected chi connectivity index (χ2v) is 3.91. The molecule has 0 aliphatic heterocycles. The fraction of sp³-hybridized carbons (Fsp3) is 0.333. The molecule has 0 bridgehead atoms. The van der Waals surface area contributed by atoms with Crippen LogP contribution in [-0.4, -0.2) is 23.0 Å².